The first-order chi connectivity index (χ1) is 25.7. The van der Waals surface area contributed by atoms with Gasteiger partial charge in [-0.15, -0.1) is 0 Å². The zero-order chi connectivity index (χ0) is 37.1. The Kier molecular flexibility index (Phi) is 11.0. The fraction of sp³-hybridized carbons (Fsp3) is 0.442. The minimum atomic E-state index is -0.0208. The summed E-state index contributed by atoms with van der Waals surface area (Å²) in [6, 6.07) is 25.9. The first-order valence-corrected chi connectivity index (χ1v) is 19.5. The van der Waals surface area contributed by atoms with E-state index >= 15 is 0 Å². The fourth-order valence-electron chi connectivity index (χ4n) is 8.69. The summed E-state index contributed by atoms with van der Waals surface area (Å²) in [5.41, 5.74) is 7.37. The Morgan fingerprint density at radius 1 is 0.698 bits per heavy atom. The van der Waals surface area contributed by atoms with Gasteiger partial charge in [-0.3, -0.25) is 19.1 Å². The summed E-state index contributed by atoms with van der Waals surface area (Å²) in [4.78, 5) is 42.5. The normalized spacial score (nSPS) is 23.8. The summed E-state index contributed by atoms with van der Waals surface area (Å²) >= 11 is 0. The van der Waals surface area contributed by atoms with E-state index in [9.17, 15) is 14.4 Å². The molecule has 3 aliphatic rings. The number of hydrogen-bond donors (Lipinski definition) is 3. The van der Waals surface area contributed by atoms with Crippen molar-refractivity contribution >= 4 is 34.8 Å². The minimum absolute atomic E-state index is 0.0208. The summed E-state index contributed by atoms with van der Waals surface area (Å²) in [5, 5.41) is 15.4. The highest BCUT2D eigenvalue weighted by atomic mass is 16.2. The van der Waals surface area contributed by atoms with E-state index in [0.29, 0.717) is 18.9 Å². The Balaban J connectivity index is 0.894. The molecule has 7 rings (SSSR count). The lowest BCUT2D eigenvalue weighted by Crippen LogP contribution is -2.48. The van der Waals surface area contributed by atoms with Crippen molar-refractivity contribution in [2.24, 2.45) is 0 Å². The number of nitrogens with zero attached hydrogens (tertiary/aromatic N) is 4. The second kappa shape index (κ2) is 16.0. The van der Waals surface area contributed by atoms with Crippen LogP contribution in [-0.4, -0.2) is 51.7 Å². The zero-order valence-electron chi connectivity index (χ0n) is 31.4. The largest absolute Gasteiger partial charge is 0.378 e. The predicted molar refractivity (Wildman–Crippen MR) is 211 cm³/mol. The van der Waals surface area contributed by atoms with Crippen LogP contribution in [-0.2, 0) is 20.9 Å². The molecule has 3 N–H and O–H groups in total. The smallest absolute Gasteiger partial charge is 0.241 e. The second-order valence-electron chi connectivity index (χ2n) is 15.1. The van der Waals surface area contributed by atoms with Crippen molar-refractivity contribution in [2.75, 3.05) is 15.1 Å². The molecule has 278 valence electrons. The maximum Gasteiger partial charge on any atom is 0.241 e. The molecule has 3 amide bonds. The molecule has 1 aliphatic carbocycles. The highest BCUT2D eigenvalue weighted by molar-refractivity contribution is 5.96. The van der Waals surface area contributed by atoms with Crippen molar-refractivity contribution in [3.63, 3.8) is 0 Å². The van der Waals surface area contributed by atoms with E-state index in [1.54, 1.807) is 4.68 Å². The molecule has 4 atom stereocenters. The molecule has 0 radical (unpaired) electrons. The third kappa shape index (κ3) is 7.88. The van der Waals surface area contributed by atoms with Crippen molar-refractivity contribution in [3.8, 4) is 11.1 Å². The summed E-state index contributed by atoms with van der Waals surface area (Å²) in [7, 11) is 0. The Morgan fingerprint density at radius 2 is 1.25 bits per heavy atom. The molecular weight excluding hydrogens is 663 g/mol. The molecule has 1 aromatic heterocycles. The van der Waals surface area contributed by atoms with Gasteiger partial charge in [-0.1, -0.05) is 62.4 Å². The minimum Gasteiger partial charge on any atom is -0.378 e. The number of para-hydroxylation sites is 2. The van der Waals surface area contributed by atoms with Gasteiger partial charge in [0.05, 0.1) is 12.2 Å². The van der Waals surface area contributed by atoms with Crippen LogP contribution in [0, 0.1) is 0 Å². The molecule has 1 fully saturated rings. The van der Waals surface area contributed by atoms with Crippen molar-refractivity contribution in [1.29, 1.82) is 0 Å². The van der Waals surface area contributed by atoms with Crippen LogP contribution in [0.15, 0.2) is 85.2 Å². The maximum absolute atomic E-state index is 13.1. The molecule has 53 heavy (non-hydrogen) atoms. The number of anilines is 3. The molecule has 4 aromatic rings. The van der Waals surface area contributed by atoms with Gasteiger partial charge >= 0.3 is 0 Å². The lowest BCUT2D eigenvalue weighted by molar-refractivity contribution is -0.123. The van der Waals surface area contributed by atoms with Crippen LogP contribution in [0.1, 0.15) is 102 Å². The third-order valence-corrected chi connectivity index (χ3v) is 11.3. The van der Waals surface area contributed by atoms with Gasteiger partial charge < -0.3 is 25.8 Å². The van der Waals surface area contributed by atoms with Crippen molar-refractivity contribution in [1.82, 2.24) is 20.4 Å². The van der Waals surface area contributed by atoms with E-state index in [0.717, 1.165) is 72.3 Å². The van der Waals surface area contributed by atoms with E-state index in [-0.39, 0.29) is 54.5 Å². The van der Waals surface area contributed by atoms with Gasteiger partial charge in [-0.25, -0.2) is 0 Å². The number of benzene rings is 3. The Bertz CT molecular complexity index is 1910. The van der Waals surface area contributed by atoms with E-state index < -0.39 is 0 Å². The van der Waals surface area contributed by atoms with E-state index in [1.807, 2.05) is 60.3 Å². The lowest BCUT2D eigenvalue weighted by atomic mass is 9.87. The van der Waals surface area contributed by atoms with E-state index in [4.69, 9.17) is 0 Å². The Morgan fingerprint density at radius 3 is 1.85 bits per heavy atom. The van der Waals surface area contributed by atoms with Crippen LogP contribution in [0.4, 0.5) is 17.1 Å². The SMILES string of the molecule is CCC(=O)N1c2ccccc2[C@H](Nc2ccc(-c3cnn(CC(=O)NC4CCC(N[C@@H]5C[C@H](C)N(C(=O)CC)c6ccccc65)CC4)c3)cc2)C[C@@H]1C. The predicted octanol–water partition coefficient (Wildman–Crippen LogP) is 7.53. The van der Waals surface area contributed by atoms with Gasteiger partial charge in [0.25, 0.3) is 0 Å². The fourth-order valence-corrected chi connectivity index (χ4v) is 8.69. The number of amides is 3. The molecule has 3 aromatic carbocycles. The van der Waals surface area contributed by atoms with E-state index in [2.05, 4.69) is 83.4 Å². The third-order valence-electron chi connectivity index (χ3n) is 11.3. The van der Waals surface area contributed by atoms with Crippen LogP contribution in [0.5, 0.6) is 0 Å². The van der Waals surface area contributed by atoms with Gasteiger partial charge in [0.15, 0.2) is 0 Å². The molecule has 10 nitrogen and oxygen atoms in total. The summed E-state index contributed by atoms with van der Waals surface area (Å²) in [6.07, 6.45) is 10.3. The number of nitrogens with one attached hydrogen (secondary N) is 3. The van der Waals surface area contributed by atoms with E-state index in [1.165, 1.54) is 5.56 Å². The van der Waals surface area contributed by atoms with Gasteiger partial charge in [0.1, 0.15) is 6.54 Å². The van der Waals surface area contributed by atoms with Crippen LogP contribution >= 0.6 is 0 Å². The highest BCUT2D eigenvalue weighted by Gasteiger charge is 2.35. The molecule has 2 aliphatic heterocycles. The number of hydrogen-bond acceptors (Lipinski definition) is 6. The quantitative estimate of drug-likeness (QED) is 0.157. The van der Waals surface area contributed by atoms with Crippen LogP contribution < -0.4 is 25.8 Å². The van der Waals surface area contributed by atoms with Gasteiger partial charge in [0, 0.05) is 71.9 Å². The van der Waals surface area contributed by atoms with Crippen LogP contribution in [0.2, 0.25) is 0 Å². The van der Waals surface area contributed by atoms with Crippen molar-refractivity contribution in [3.05, 3.63) is 96.3 Å². The van der Waals surface area contributed by atoms with Gasteiger partial charge in [0.2, 0.25) is 17.7 Å². The number of fused-ring (bicyclic) bond motifs is 2. The number of carbonyl (C=O) groups is 3. The lowest BCUT2D eigenvalue weighted by Gasteiger charge is -2.41. The van der Waals surface area contributed by atoms with Crippen molar-refractivity contribution < 1.29 is 14.4 Å². The number of carbonyl (C=O) groups excluding carboxylic acids is 3. The molecule has 1 saturated carbocycles. The first kappa shape index (κ1) is 36.4. The molecule has 0 saturated heterocycles. The summed E-state index contributed by atoms with van der Waals surface area (Å²) in [6.45, 7) is 8.28. The van der Waals surface area contributed by atoms with Gasteiger partial charge in [-0.2, -0.15) is 5.10 Å². The van der Waals surface area contributed by atoms with Crippen LogP contribution in [0.3, 0.4) is 0 Å². The summed E-state index contributed by atoms with van der Waals surface area (Å²) < 4.78 is 1.71. The monoisotopic (exact) mass is 715 g/mol. The average molecular weight is 716 g/mol. The standard InChI is InChI=1S/C43H53N7O3/c1-5-42(52)49-28(3)23-37(35-11-7-9-13-39(35)49)45-32-17-15-30(16-18-32)31-25-44-48(26-31)27-41(51)47-34-21-19-33(20-22-34)46-38-24-29(4)50(43(53)6-2)40-14-10-8-12-36(38)40/h7-18,25-26,28-29,33-34,37-38,45-46H,5-6,19-24,27H2,1-4H3,(H,47,51)/t28-,29-,33?,34?,37+,38+/m0/s1. The van der Waals surface area contributed by atoms with Gasteiger partial charge in [-0.05, 0) is 93.3 Å². The zero-order valence-corrected chi connectivity index (χ0v) is 31.4. The average Bonchev–Trinajstić information content (AvgIpc) is 3.63. The molecular formula is C43H53N7O3. The topological polar surface area (TPSA) is 112 Å². The molecule has 0 bridgehead atoms. The molecule has 3 heterocycles. The Hall–Kier alpha value is -4.96. The molecule has 0 unspecified atom stereocenters. The number of aromatic nitrogens is 2. The second-order valence-corrected chi connectivity index (χ2v) is 15.1. The highest BCUT2D eigenvalue weighted by Crippen LogP contribution is 2.40. The van der Waals surface area contributed by atoms with Crippen LogP contribution in [0.25, 0.3) is 11.1 Å². The molecule has 0 spiro atoms. The first-order valence-electron chi connectivity index (χ1n) is 19.5. The van der Waals surface area contributed by atoms with Crippen molar-refractivity contribution in [2.45, 2.75) is 122 Å². The number of rotatable bonds is 10. The maximum atomic E-state index is 13.1. The molecule has 10 heteroatoms. The summed E-state index contributed by atoms with van der Waals surface area (Å²) in [5.74, 6) is 0.302. The Labute approximate surface area is 313 Å².